The third-order valence-electron chi connectivity index (χ3n) is 3.25. The van der Waals surface area contributed by atoms with Crippen molar-refractivity contribution >= 4 is 17.4 Å². The number of hydrogen-bond acceptors (Lipinski definition) is 3. The van der Waals surface area contributed by atoms with Crippen LogP contribution in [0.1, 0.15) is 5.56 Å². The zero-order valence-electron chi connectivity index (χ0n) is 11.2. The number of aryl methyl sites for hydroxylation is 1. The Morgan fingerprint density at radius 1 is 1.14 bits per heavy atom. The summed E-state index contributed by atoms with van der Waals surface area (Å²) >= 11 is 6.03. The van der Waals surface area contributed by atoms with Gasteiger partial charge < -0.3 is 10.3 Å². The highest BCUT2D eigenvalue weighted by molar-refractivity contribution is 6.31. The molecule has 0 bridgehead atoms. The van der Waals surface area contributed by atoms with E-state index in [1.165, 1.54) is 12.1 Å². The van der Waals surface area contributed by atoms with Gasteiger partial charge in [-0.1, -0.05) is 28.9 Å². The molecule has 1 aromatic heterocycles. The highest BCUT2D eigenvalue weighted by Crippen LogP contribution is 2.37. The Hall–Kier alpha value is -2.33. The largest absolute Gasteiger partial charge is 0.380 e. The monoisotopic (exact) mass is 302 g/mol. The molecule has 21 heavy (non-hydrogen) atoms. The Morgan fingerprint density at radius 2 is 1.95 bits per heavy atom. The summed E-state index contributed by atoms with van der Waals surface area (Å²) in [5, 5.41) is 4.46. The van der Waals surface area contributed by atoms with Crippen molar-refractivity contribution in [2.75, 3.05) is 5.73 Å². The quantitative estimate of drug-likeness (QED) is 0.747. The second-order valence-corrected chi connectivity index (χ2v) is 5.15. The van der Waals surface area contributed by atoms with Gasteiger partial charge in [0.25, 0.3) is 0 Å². The Balaban J connectivity index is 2.19. The van der Waals surface area contributed by atoms with E-state index in [0.29, 0.717) is 21.9 Å². The smallest absolute Gasteiger partial charge is 0.176 e. The van der Waals surface area contributed by atoms with Crippen LogP contribution in [0.2, 0.25) is 5.02 Å². The van der Waals surface area contributed by atoms with E-state index in [2.05, 4.69) is 5.16 Å². The summed E-state index contributed by atoms with van der Waals surface area (Å²) in [5.41, 5.74) is 8.78. The number of halogens is 2. The highest BCUT2D eigenvalue weighted by Gasteiger charge is 2.18. The first kappa shape index (κ1) is 13.6. The second-order valence-electron chi connectivity index (χ2n) is 4.75. The first-order valence-corrected chi connectivity index (χ1v) is 6.71. The topological polar surface area (TPSA) is 52.0 Å². The van der Waals surface area contributed by atoms with E-state index in [1.54, 1.807) is 18.2 Å². The standard InChI is InChI=1S/C16H12ClFN2O/c1-9-7-11(5-6-13(9)17)15-14(16(19)20-21-15)10-3-2-4-12(18)8-10/h2-8H,1H3,(H2,19,20). The van der Waals surface area contributed by atoms with Crippen molar-refractivity contribution in [3.63, 3.8) is 0 Å². The molecule has 0 spiro atoms. The fourth-order valence-corrected chi connectivity index (χ4v) is 2.33. The second kappa shape index (κ2) is 5.22. The molecule has 0 atom stereocenters. The summed E-state index contributed by atoms with van der Waals surface area (Å²) in [7, 11) is 0. The minimum absolute atomic E-state index is 0.225. The van der Waals surface area contributed by atoms with Crippen LogP contribution in [0.4, 0.5) is 10.2 Å². The van der Waals surface area contributed by atoms with Gasteiger partial charge in [0.1, 0.15) is 5.82 Å². The SMILES string of the molecule is Cc1cc(-c2onc(N)c2-c2cccc(F)c2)ccc1Cl. The van der Waals surface area contributed by atoms with Crippen molar-refractivity contribution in [2.45, 2.75) is 6.92 Å². The molecule has 5 heteroatoms. The van der Waals surface area contributed by atoms with Crippen molar-refractivity contribution in [3.8, 4) is 22.5 Å². The van der Waals surface area contributed by atoms with E-state index in [4.69, 9.17) is 21.9 Å². The molecule has 106 valence electrons. The Morgan fingerprint density at radius 3 is 2.67 bits per heavy atom. The minimum Gasteiger partial charge on any atom is -0.380 e. The van der Waals surface area contributed by atoms with Gasteiger partial charge in [0.05, 0.1) is 5.56 Å². The number of anilines is 1. The molecule has 0 unspecified atom stereocenters. The van der Waals surface area contributed by atoms with Gasteiger partial charge in [0.15, 0.2) is 11.6 Å². The van der Waals surface area contributed by atoms with Gasteiger partial charge in [-0.25, -0.2) is 4.39 Å². The van der Waals surface area contributed by atoms with Gasteiger partial charge in [-0.15, -0.1) is 0 Å². The lowest BCUT2D eigenvalue weighted by Gasteiger charge is -2.05. The average molecular weight is 303 g/mol. The Bertz CT molecular complexity index is 814. The van der Waals surface area contributed by atoms with Gasteiger partial charge >= 0.3 is 0 Å². The molecular weight excluding hydrogens is 291 g/mol. The molecule has 0 aliphatic rings. The van der Waals surface area contributed by atoms with Crippen molar-refractivity contribution in [1.29, 1.82) is 0 Å². The summed E-state index contributed by atoms with van der Waals surface area (Å²) in [6.07, 6.45) is 0. The lowest BCUT2D eigenvalue weighted by molar-refractivity contribution is 0.436. The molecule has 3 rings (SSSR count). The van der Waals surface area contributed by atoms with Crippen molar-refractivity contribution in [1.82, 2.24) is 5.16 Å². The normalized spacial score (nSPS) is 10.8. The molecule has 0 saturated heterocycles. The van der Waals surface area contributed by atoms with E-state index in [9.17, 15) is 4.39 Å². The third kappa shape index (κ3) is 2.50. The van der Waals surface area contributed by atoms with Crippen LogP contribution in [-0.4, -0.2) is 5.16 Å². The van der Waals surface area contributed by atoms with E-state index in [1.807, 2.05) is 19.1 Å². The fraction of sp³-hybridized carbons (Fsp3) is 0.0625. The Labute approximate surface area is 126 Å². The molecule has 2 N–H and O–H groups in total. The maximum Gasteiger partial charge on any atom is 0.176 e. The molecule has 0 aliphatic heterocycles. The summed E-state index contributed by atoms with van der Waals surface area (Å²) < 4.78 is 18.8. The van der Waals surface area contributed by atoms with Crippen molar-refractivity contribution in [2.24, 2.45) is 0 Å². The molecule has 0 saturated carbocycles. The molecule has 0 radical (unpaired) electrons. The molecule has 1 heterocycles. The Kier molecular flexibility index (Phi) is 3.39. The molecule has 0 amide bonds. The number of benzene rings is 2. The van der Waals surface area contributed by atoms with Crippen LogP contribution in [0.15, 0.2) is 47.0 Å². The van der Waals surface area contributed by atoms with Gasteiger partial charge in [-0.2, -0.15) is 0 Å². The summed E-state index contributed by atoms with van der Waals surface area (Å²) in [4.78, 5) is 0. The predicted octanol–water partition coefficient (Wildman–Crippen LogP) is 4.69. The maximum atomic E-state index is 13.4. The molecule has 0 aliphatic carbocycles. The van der Waals surface area contributed by atoms with Crippen LogP contribution in [0, 0.1) is 12.7 Å². The number of hydrogen-bond donors (Lipinski definition) is 1. The third-order valence-corrected chi connectivity index (χ3v) is 3.68. The first-order chi connectivity index (χ1) is 10.1. The first-order valence-electron chi connectivity index (χ1n) is 6.34. The summed E-state index contributed by atoms with van der Waals surface area (Å²) in [5.74, 6) is 0.382. The molecule has 2 aromatic carbocycles. The van der Waals surface area contributed by atoms with Crippen LogP contribution in [0.3, 0.4) is 0 Å². The predicted molar refractivity (Wildman–Crippen MR) is 81.5 cm³/mol. The van der Waals surface area contributed by atoms with Crippen LogP contribution in [0.5, 0.6) is 0 Å². The molecule has 3 aromatic rings. The van der Waals surface area contributed by atoms with E-state index in [-0.39, 0.29) is 11.6 Å². The lowest BCUT2D eigenvalue weighted by Crippen LogP contribution is -1.90. The van der Waals surface area contributed by atoms with Gasteiger partial charge in [0.2, 0.25) is 0 Å². The fourth-order valence-electron chi connectivity index (χ4n) is 2.21. The van der Waals surface area contributed by atoms with E-state index < -0.39 is 0 Å². The van der Waals surface area contributed by atoms with Crippen molar-refractivity contribution < 1.29 is 8.91 Å². The van der Waals surface area contributed by atoms with Crippen molar-refractivity contribution in [3.05, 3.63) is 58.9 Å². The number of nitrogens with zero attached hydrogens (tertiary/aromatic N) is 1. The molecular formula is C16H12ClFN2O. The van der Waals surface area contributed by atoms with Crippen LogP contribution < -0.4 is 5.73 Å². The average Bonchev–Trinajstić information content (AvgIpc) is 2.84. The number of nitrogen functional groups attached to an aromatic ring is 1. The van der Waals surface area contributed by atoms with E-state index in [0.717, 1.165) is 11.1 Å². The van der Waals surface area contributed by atoms with Gasteiger partial charge in [0, 0.05) is 10.6 Å². The molecule has 3 nitrogen and oxygen atoms in total. The number of nitrogens with two attached hydrogens (primary N) is 1. The zero-order chi connectivity index (χ0) is 15.0. The van der Waals surface area contributed by atoms with Crippen LogP contribution in [0.25, 0.3) is 22.5 Å². The highest BCUT2D eigenvalue weighted by atomic mass is 35.5. The van der Waals surface area contributed by atoms with E-state index >= 15 is 0 Å². The van der Waals surface area contributed by atoms with Gasteiger partial charge in [-0.3, -0.25) is 0 Å². The number of aromatic nitrogens is 1. The van der Waals surface area contributed by atoms with Gasteiger partial charge in [-0.05, 0) is 48.4 Å². The summed E-state index contributed by atoms with van der Waals surface area (Å²) in [6, 6.07) is 11.6. The minimum atomic E-state index is -0.341. The maximum absolute atomic E-state index is 13.4. The van der Waals surface area contributed by atoms with Crippen LogP contribution in [-0.2, 0) is 0 Å². The zero-order valence-corrected chi connectivity index (χ0v) is 12.0. The summed E-state index contributed by atoms with van der Waals surface area (Å²) in [6.45, 7) is 1.90. The van der Waals surface area contributed by atoms with Crippen LogP contribution >= 0.6 is 11.6 Å². The number of rotatable bonds is 2. The lowest BCUT2D eigenvalue weighted by atomic mass is 10.0. The molecule has 0 fully saturated rings.